The summed E-state index contributed by atoms with van der Waals surface area (Å²) in [6.07, 6.45) is 3.85. The summed E-state index contributed by atoms with van der Waals surface area (Å²) in [6.45, 7) is 9.39. The summed E-state index contributed by atoms with van der Waals surface area (Å²) in [5.41, 5.74) is 2.07. The first kappa shape index (κ1) is 18.1. The first-order valence-corrected chi connectivity index (χ1v) is 8.91. The Morgan fingerprint density at radius 1 is 1.30 bits per heavy atom. The predicted molar refractivity (Wildman–Crippen MR) is 95.1 cm³/mol. The van der Waals surface area contributed by atoms with Crippen LogP contribution in [-0.2, 0) is 17.6 Å². The molecule has 1 saturated heterocycles. The largest absolute Gasteiger partial charge is 0.444 e. The smallest absolute Gasteiger partial charge is 0.410 e. The number of benzene rings is 1. The van der Waals surface area contributed by atoms with Gasteiger partial charge in [0.1, 0.15) is 5.60 Å². The monoisotopic (exact) mass is 337 g/mol. The van der Waals surface area contributed by atoms with E-state index in [1.165, 1.54) is 11.1 Å². The molecule has 23 heavy (non-hydrogen) atoms. The number of carbonyl (C=O) groups excluding carboxylic acids is 1. The Morgan fingerprint density at radius 3 is 2.48 bits per heavy atom. The fourth-order valence-corrected chi connectivity index (χ4v) is 3.32. The molecule has 1 aliphatic rings. The zero-order chi connectivity index (χ0) is 17.0. The maximum atomic E-state index is 12.1. The molecule has 0 atom stereocenters. The first-order valence-electron chi connectivity index (χ1n) is 8.53. The van der Waals surface area contributed by atoms with Crippen LogP contribution in [0.3, 0.4) is 0 Å². The highest BCUT2D eigenvalue weighted by Gasteiger charge is 2.26. The van der Waals surface area contributed by atoms with Gasteiger partial charge in [-0.1, -0.05) is 30.7 Å². The molecule has 0 aromatic heterocycles. The van der Waals surface area contributed by atoms with Crippen molar-refractivity contribution in [2.45, 2.75) is 59.0 Å². The highest BCUT2D eigenvalue weighted by molar-refractivity contribution is 6.31. The minimum atomic E-state index is -0.425. The molecular formula is C19H28ClNO2. The van der Waals surface area contributed by atoms with E-state index >= 15 is 0 Å². The third-order valence-electron chi connectivity index (χ3n) is 4.29. The number of rotatable bonds is 3. The summed E-state index contributed by atoms with van der Waals surface area (Å²) < 4.78 is 5.44. The van der Waals surface area contributed by atoms with Crippen molar-refractivity contribution in [3.8, 4) is 0 Å². The van der Waals surface area contributed by atoms with Crippen LogP contribution in [0, 0.1) is 5.92 Å². The summed E-state index contributed by atoms with van der Waals surface area (Å²) in [5, 5.41) is 0.871. The molecule has 128 valence electrons. The average Bonchev–Trinajstić information content (AvgIpc) is 2.46. The zero-order valence-corrected chi connectivity index (χ0v) is 15.4. The summed E-state index contributed by atoms with van der Waals surface area (Å²) >= 11 is 6.30. The summed E-state index contributed by atoms with van der Waals surface area (Å²) in [7, 11) is 0. The Hall–Kier alpha value is -1.22. The molecule has 0 spiro atoms. The third kappa shape index (κ3) is 5.42. The molecule has 2 rings (SSSR count). The summed E-state index contributed by atoms with van der Waals surface area (Å²) in [6, 6.07) is 6.42. The van der Waals surface area contributed by atoms with E-state index in [0.29, 0.717) is 5.92 Å². The van der Waals surface area contributed by atoms with E-state index in [1.54, 1.807) is 0 Å². The van der Waals surface area contributed by atoms with E-state index in [-0.39, 0.29) is 6.09 Å². The van der Waals surface area contributed by atoms with Gasteiger partial charge in [-0.2, -0.15) is 0 Å². The molecule has 0 radical (unpaired) electrons. The Morgan fingerprint density at radius 2 is 1.96 bits per heavy atom. The molecule has 0 unspecified atom stereocenters. The van der Waals surface area contributed by atoms with Crippen LogP contribution in [0.15, 0.2) is 18.2 Å². The van der Waals surface area contributed by atoms with Gasteiger partial charge < -0.3 is 9.64 Å². The highest BCUT2D eigenvalue weighted by atomic mass is 35.5. The molecule has 0 aliphatic carbocycles. The number of amides is 1. The van der Waals surface area contributed by atoms with E-state index in [1.807, 2.05) is 25.7 Å². The van der Waals surface area contributed by atoms with E-state index in [4.69, 9.17) is 16.3 Å². The number of piperidine rings is 1. The van der Waals surface area contributed by atoms with Crippen LogP contribution in [0.4, 0.5) is 4.79 Å². The quantitative estimate of drug-likeness (QED) is 0.768. The van der Waals surface area contributed by atoms with Crippen LogP contribution < -0.4 is 0 Å². The van der Waals surface area contributed by atoms with Crippen molar-refractivity contribution in [3.05, 3.63) is 34.3 Å². The molecule has 0 bridgehead atoms. The van der Waals surface area contributed by atoms with Crippen LogP contribution in [0.25, 0.3) is 0 Å². The number of halogens is 1. The average molecular weight is 338 g/mol. The first-order chi connectivity index (χ1) is 10.8. The van der Waals surface area contributed by atoms with Crippen LogP contribution in [-0.4, -0.2) is 29.7 Å². The van der Waals surface area contributed by atoms with Crippen molar-refractivity contribution in [3.63, 3.8) is 0 Å². The van der Waals surface area contributed by atoms with Crippen LogP contribution in [0.2, 0.25) is 5.02 Å². The minimum Gasteiger partial charge on any atom is -0.444 e. The highest BCUT2D eigenvalue weighted by Crippen LogP contribution is 2.25. The van der Waals surface area contributed by atoms with Gasteiger partial charge in [0.2, 0.25) is 0 Å². The maximum Gasteiger partial charge on any atom is 0.410 e. The van der Waals surface area contributed by atoms with E-state index in [9.17, 15) is 4.79 Å². The zero-order valence-electron chi connectivity index (χ0n) is 14.7. The molecular weight excluding hydrogens is 310 g/mol. The number of likely N-dealkylation sites (tertiary alicyclic amines) is 1. The fraction of sp³-hybridized carbons (Fsp3) is 0.632. The minimum absolute atomic E-state index is 0.189. The van der Waals surface area contributed by atoms with Gasteiger partial charge in [0, 0.05) is 18.1 Å². The van der Waals surface area contributed by atoms with Gasteiger partial charge >= 0.3 is 6.09 Å². The van der Waals surface area contributed by atoms with Crippen LogP contribution in [0.5, 0.6) is 0 Å². The van der Waals surface area contributed by atoms with Gasteiger partial charge in [0.15, 0.2) is 0 Å². The molecule has 3 nitrogen and oxygen atoms in total. The van der Waals surface area contributed by atoms with Crippen molar-refractivity contribution in [1.29, 1.82) is 0 Å². The number of aryl methyl sites for hydroxylation is 1. The Balaban J connectivity index is 1.85. The number of nitrogens with zero attached hydrogens (tertiary/aromatic N) is 1. The molecule has 1 aliphatic heterocycles. The molecule has 1 heterocycles. The lowest BCUT2D eigenvalue weighted by molar-refractivity contribution is 0.0184. The van der Waals surface area contributed by atoms with Gasteiger partial charge in [-0.3, -0.25) is 0 Å². The maximum absolute atomic E-state index is 12.1. The van der Waals surface area contributed by atoms with Gasteiger partial charge in [-0.05, 0) is 69.6 Å². The lowest BCUT2D eigenvalue weighted by atomic mass is 9.90. The molecule has 4 heteroatoms. The lowest BCUT2D eigenvalue weighted by Crippen LogP contribution is -2.42. The normalized spacial score (nSPS) is 16.5. The SMILES string of the molecule is CCc1ccc(CC2CCN(C(=O)OC(C)(C)C)CC2)cc1Cl. The van der Waals surface area contributed by atoms with Crippen molar-refractivity contribution < 1.29 is 9.53 Å². The number of ether oxygens (including phenoxy) is 1. The Labute approximate surface area is 145 Å². The van der Waals surface area contributed by atoms with Crippen LogP contribution in [0.1, 0.15) is 51.7 Å². The van der Waals surface area contributed by atoms with E-state index < -0.39 is 5.60 Å². The predicted octanol–water partition coefficient (Wildman–Crippen LogP) is 5.09. The fourth-order valence-electron chi connectivity index (χ4n) is 2.98. The Bertz CT molecular complexity index is 543. The molecule has 1 aromatic carbocycles. The van der Waals surface area contributed by atoms with Crippen molar-refractivity contribution in [2.75, 3.05) is 13.1 Å². The molecule has 1 amide bonds. The van der Waals surface area contributed by atoms with Crippen molar-refractivity contribution in [2.24, 2.45) is 5.92 Å². The second-order valence-corrected chi connectivity index (χ2v) is 7.80. The number of hydrogen-bond acceptors (Lipinski definition) is 2. The van der Waals surface area contributed by atoms with Crippen LogP contribution >= 0.6 is 11.6 Å². The van der Waals surface area contributed by atoms with Gasteiger partial charge in [0.05, 0.1) is 0 Å². The number of carbonyl (C=O) groups is 1. The number of hydrogen-bond donors (Lipinski definition) is 0. The molecule has 0 N–H and O–H groups in total. The second-order valence-electron chi connectivity index (χ2n) is 7.39. The third-order valence-corrected chi connectivity index (χ3v) is 4.64. The topological polar surface area (TPSA) is 29.5 Å². The molecule has 1 aromatic rings. The summed E-state index contributed by atoms with van der Waals surface area (Å²) in [5.74, 6) is 0.609. The van der Waals surface area contributed by atoms with E-state index in [0.717, 1.165) is 43.8 Å². The Kier molecular flexibility index (Phi) is 5.96. The van der Waals surface area contributed by atoms with Crippen molar-refractivity contribution >= 4 is 17.7 Å². The molecule has 1 fully saturated rings. The van der Waals surface area contributed by atoms with Crippen molar-refractivity contribution in [1.82, 2.24) is 4.90 Å². The summed E-state index contributed by atoms with van der Waals surface area (Å²) in [4.78, 5) is 13.9. The van der Waals surface area contributed by atoms with E-state index in [2.05, 4.69) is 25.1 Å². The lowest BCUT2D eigenvalue weighted by Gasteiger charge is -2.33. The molecule has 0 saturated carbocycles. The standard InChI is InChI=1S/C19H28ClNO2/c1-5-16-7-6-15(13-17(16)20)12-14-8-10-21(11-9-14)18(22)23-19(2,3)4/h6-7,13-14H,5,8-12H2,1-4H3. The van der Waals surface area contributed by atoms with Gasteiger partial charge in [-0.25, -0.2) is 4.79 Å². The second kappa shape index (κ2) is 7.57. The van der Waals surface area contributed by atoms with Gasteiger partial charge in [0.25, 0.3) is 0 Å². The van der Waals surface area contributed by atoms with Gasteiger partial charge in [-0.15, -0.1) is 0 Å².